The van der Waals surface area contributed by atoms with Gasteiger partial charge in [0, 0.05) is 12.6 Å². The summed E-state index contributed by atoms with van der Waals surface area (Å²) in [6.07, 6.45) is 4.51. The monoisotopic (exact) mass is 125 g/mol. The van der Waals surface area contributed by atoms with Crippen molar-refractivity contribution in [1.29, 1.82) is 0 Å². The van der Waals surface area contributed by atoms with Crippen molar-refractivity contribution in [3.63, 3.8) is 0 Å². The summed E-state index contributed by atoms with van der Waals surface area (Å²) in [6.45, 7) is 1.51. The fourth-order valence-corrected chi connectivity index (χ4v) is 1.12. The minimum absolute atomic E-state index is 0.0492. The molecule has 1 aliphatic rings. The van der Waals surface area contributed by atoms with Crippen molar-refractivity contribution in [3.8, 4) is 0 Å². The lowest BCUT2D eigenvalue weighted by Crippen LogP contribution is -1.93. The standard InChI is InChI=1S/C7H11NO/c1-6(9)8-7-4-2-3-5-7/h2-5H2,1H3. The van der Waals surface area contributed by atoms with E-state index in [9.17, 15) is 4.79 Å². The maximum Gasteiger partial charge on any atom is 0.242 e. The lowest BCUT2D eigenvalue weighted by molar-refractivity contribution is -0.115. The van der Waals surface area contributed by atoms with Crippen LogP contribution < -0.4 is 0 Å². The molecule has 0 radical (unpaired) electrons. The van der Waals surface area contributed by atoms with Gasteiger partial charge in [-0.15, -0.1) is 0 Å². The number of aliphatic imine (C=N–C) groups is 1. The van der Waals surface area contributed by atoms with Gasteiger partial charge < -0.3 is 0 Å². The van der Waals surface area contributed by atoms with Crippen LogP contribution in [-0.4, -0.2) is 11.6 Å². The summed E-state index contributed by atoms with van der Waals surface area (Å²) in [6, 6.07) is 0. The quantitative estimate of drug-likeness (QED) is 0.483. The minimum Gasteiger partial charge on any atom is -0.273 e. The zero-order valence-electron chi connectivity index (χ0n) is 5.68. The Bertz CT molecular complexity index is 141. The first-order valence-electron chi connectivity index (χ1n) is 3.36. The van der Waals surface area contributed by atoms with E-state index in [1.54, 1.807) is 0 Å². The van der Waals surface area contributed by atoms with E-state index >= 15 is 0 Å². The van der Waals surface area contributed by atoms with E-state index in [1.807, 2.05) is 0 Å². The number of hydrogen-bond acceptors (Lipinski definition) is 1. The third-order valence-corrected chi connectivity index (χ3v) is 1.50. The highest BCUT2D eigenvalue weighted by molar-refractivity contribution is 5.95. The first kappa shape index (κ1) is 6.46. The summed E-state index contributed by atoms with van der Waals surface area (Å²) in [7, 11) is 0. The Hall–Kier alpha value is -0.660. The summed E-state index contributed by atoms with van der Waals surface area (Å²) in [5, 5.41) is 0. The molecule has 1 aliphatic carbocycles. The molecule has 0 saturated heterocycles. The van der Waals surface area contributed by atoms with Crippen LogP contribution in [-0.2, 0) is 4.79 Å². The van der Waals surface area contributed by atoms with Crippen LogP contribution in [0.4, 0.5) is 0 Å². The Morgan fingerprint density at radius 2 is 2.00 bits per heavy atom. The molecule has 2 heteroatoms. The van der Waals surface area contributed by atoms with E-state index in [4.69, 9.17) is 0 Å². The van der Waals surface area contributed by atoms with Crippen molar-refractivity contribution in [2.45, 2.75) is 32.6 Å². The van der Waals surface area contributed by atoms with Crippen LogP contribution in [0, 0.1) is 0 Å². The SMILES string of the molecule is CC(=O)N=C1CCCC1. The first-order valence-corrected chi connectivity index (χ1v) is 3.36. The molecule has 0 N–H and O–H groups in total. The molecule has 0 unspecified atom stereocenters. The Kier molecular flexibility index (Phi) is 1.98. The summed E-state index contributed by atoms with van der Waals surface area (Å²) in [5.41, 5.74) is 1.10. The lowest BCUT2D eigenvalue weighted by Gasteiger charge is -1.88. The van der Waals surface area contributed by atoms with Crippen LogP contribution in [0.25, 0.3) is 0 Å². The van der Waals surface area contributed by atoms with Gasteiger partial charge in [-0.25, -0.2) is 4.99 Å². The fourth-order valence-electron chi connectivity index (χ4n) is 1.12. The molecule has 1 saturated carbocycles. The molecule has 0 heterocycles. The lowest BCUT2D eigenvalue weighted by atomic mass is 10.3. The summed E-state index contributed by atoms with van der Waals surface area (Å²) < 4.78 is 0. The molecule has 1 fully saturated rings. The Balaban J connectivity index is 2.49. The molecule has 1 rings (SSSR count). The molecular formula is C7H11NO. The maximum atomic E-state index is 10.4. The minimum atomic E-state index is -0.0492. The van der Waals surface area contributed by atoms with Crippen molar-refractivity contribution in [2.75, 3.05) is 0 Å². The summed E-state index contributed by atoms with van der Waals surface area (Å²) in [4.78, 5) is 14.3. The second-order valence-corrected chi connectivity index (χ2v) is 2.40. The van der Waals surface area contributed by atoms with Crippen LogP contribution in [0.3, 0.4) is 0 Å². The third-order valence-electron chi connectivity index (χ3n) is 1.50. The third kappa shape index (κ3) is 1.96. The molecule has 2 nitrogen and oxygen atoms in total. The van der Waals surface area contributed by atoms with Crippen LogP contribution in [0.5, 0.6) is 0 Å². The first-order chi connectivity index (χ1) is 4.29. The zero-order chi connectivity index (χ0) is 6.69. The summed E-state index contributed by atoms with van der Waals surface area (Å²) in [5.74, 6) is -0.0492. The van der Waals surface area contributed by atoms with E-state index < -0.39 is 0 Å². The van der Waals surface area contributed by atoms with Crippen molar-refractivity contribution < 1.29 is 4.79 Å². The number of nitrogens with zero attached hydrogens (tertiary/aromatic N) is 1. The molecule has 0 atom stereocenters. The van der Waals surface area contributed by atoms with Gasteiger partial charge in [0.1, 0.15) is 0 Å². The highest BCUT2D eigenvalue weighted by Gasteiger charge is 2.07. The number of amides is 1. The Labute approximate surface area is 55.0 Å². The molecule has 0 aliphatic heterocycles. The largest absolute Gasteiger partial charge is 0.273 e. The van der Waals surface area contributed by atoms with Gasteiger partial charge in [-0.05, 0) is 25.7 Å². The average molecular weight is 125 g/mol. The predicted molar refractivity (Wildman–Crippen MR) is 36.6 cm³/mol. The highest BCUT2D eigenvalue weighted by Crippen LogP contribution is 2.14. The number of carbonyl (C=O) groups is 1. The van der Waals surface area contributed by atoms with E-state index in [1.165, 1.54) is 19.8 Å². The van der Waals surface area contributed by atoms with Gasteiger partial charge in [0.05, 0.1) is 0 Å². The van der Waals surface area contributed by atoms with Gasteiger partial charge in [-0.2, -0.15) is 0 Å². The second kappa shape index (κ2) is 2.76. The number of rotatable bonds is 0. The molecule has 50 valence electrons. The molecule has 0 bridgehead atoms. The van der Waals surface area contributed by atoms with E-state index in [2.05, 4.69) is 4.99 Å². The van der Waals surface area contributed by atoms with E-state index in [0.29, 0.717) is 0 Å². The van der Waals surface area contributed by atoms with Crippen molar-refractivity contribution in [1.82, 2.24) is 0 Å². The molecule has 0 aromatic heterocycles. The van der Waals surface area contributed by atoms with Gasteiger partial charge in [0.25, 0.3) is 0 Å². The van der Waals surface area contributed by atoms with Gasteiger partial charge in [0.15, 0.2) is 0 Å². The van der Waals surface area contributed by atoms with Crippen molar-refractivity contribution >= 4 is 11.6 Å². The predicted octanol–water partition coefficient (Wildman–Crippen LogP) is 1.55. The average Bonchev–Trinajstić information content (AvgIpc) is 2.15. The Morgan fingerprint density at radius 1 is 1.44 bits per heavy atom. The molecule has 1 amide bonds. The van der Waals surface area contributed by atoms with Crippen LogP contribution in [0.15, 0.2) is 4.99 Å². The fraction of sp³-hybridized carbons (Fsp3) is 0.714. The number of carbonyl (C=O) groups excluding carboxylic acids is 1. The smallest absolute Gasteiger partial charge is 0.242 e. The molecule has 0 aromatic rings. The Morgan fingerprint density at radius 3 is 2.44 bits per heavy atom. The maximum absolute atomic E-state index is 10.4. The van der Waals surface area contributed by atoms with Gasteiger partial charge >= 0.3 is 0 Å². The second-order valence-electron chi connectivity index (χ2n) is 2.40. The summed E-state index contributed by atoms with van der Waals surface area (Å²) >= 11 is 0. The van der Waals surface area contributed by atoms with Crippen molar-refractivity contribution in [3.05, 3.63) is 0 Å². The zero-order valence-corrected chi connectivity index (χ0v) is 5.68. The van der Waals surface area contributed by atoms with E-state index in [-0.39, 0.29) is 5.91 Å². The van der Waals surface area contributed by atoms with Gasteiger partial charge in [0.2, 0.25) is 5.91 Å². The highest BCUT2D eigenvalue weighted by atomic mass is 16.1. The molecular weight excluding hydrogens is 114 g/mol. The molecule has 9 heavy (non-hydrogen) atoms. The molecule has 0 spiro atoms. The van der Waals surface area contributed by atoms with Crippen LogP contribution in [0.1, 0.15) is 32.6 Å². The number of hydrogen-bond donors (Lipinski definition) is 0. The van der Waals surface area contributed by atoms with Crippen LogP contribution in [0.2, 0.25) is 0 Å². The van der Waals surface area contributed by atoms with Gasteiger partial charge in [-0.1, -0.05) is 0 Å². The van der Waals surface area contributed by atoms with Crippen LogP contribution >= 0.6 is 0 Å². The van der Waals surface area contributed by atoms with Gasteiger partial charge in [-0.3, -0.25) is 4.79 Å². The van der Waals surface area contributed by atoms with Crippen molar-refractivity contribution in [2.24, 2.45) is 4.99 Å². The topological polar surface area (TPSA) is 29.4 Å². The van der Waals surface area contributed by atoms with E-state index in [0.717, 1.165) is 18.6 Å². The normalized spacial score (nSPS) is 18.1. The molecule has 0 aromatic carbocycles.